The number of aromatic nitrogens is 3. The van der Waals surface area contributed by atoms with Crippen LogP contribution in [0.2, 0.25) is 0 Å². The number of aliphatic imine (C=N–C) groups is 4. The summed E-state index contributed by atoms with van der Waals surface area (Å²) in [6.45, 7) is 3.77. The van der Waals surface area contributed by atoms with Gasteiger partial charge in [-0.2, -0.15) is 47.0 Å². The van der Waals surface area contributed by atoms with Crippen molar-refractivity contribution < 1.29 is 123 Å². The van der Waals surface area contributed by atoms with E-state index in [1.807, 2.05) is 59.2 Å². The largest absolute Gasteiger partial charge is 0.375 e. The Morgan fingerprint density at radius 3 is 0.978 bits per heavy atom. The van der Waals surface area contributed by atoms with Crippen LogP contribution in [0.4, 0.5) is 0 Å². The molecule has 3 aromatic rings. The molecule has 2 radical (unpaired) electrons. The van der Waals surface area contributed by atoms with E-state index in [0.29, 0.717) is 211 Å². The number of ether oxygens (including phenoxy) is 2. The Labute approximate surface area is 855 Å². The number of carbonyl (C=O) groups is 10. The van der Waals surface area contributed by atoms with Crippen LogP contribution in [0.25, 0.3) is 10.4 Å². The molecule has 19 N–H and O–H groups in total. The normalized spacial score (nSPS) is 21.0. The third-order valence-corrected chi connectivity index (χ3v) is 30.1. The molecule has 4 saturated heterocycles. The second kappa shape index (κ2) is 64.7. The van der Waals surface area contributed by atoms with Crippen molar-refractivity contribution in [2.24, 2.45) is 42.9 Å². The first-order valence-corrected chi connectivity index (χ1v) is 51.5. The minimum atomic E-state index is -0.318. The second-order valence-corrected chi connectivity index (χ2v) is 40.0. The monoisotopic (exact) mass is 2080 g/mol. The maximum absolute atomic E-state index is 13.3. The van der Waals surface area contributed by atoms with Crippen LogP contribution in [0.3, 0.4) is 0 Å². The van der Waals surface area contributed by atoms with E-state index in [-0.39, 0.29) is 213 Å². The molecule has 4 fully saturated rings. The number of amides is 6. The second-order valence-electron chi connectivity index (χ2n) is 34.9. The first kappa shape index (κ1) is 114. The summed E-state index contributed by atoms with van der Waals surface area (Å²) in [5.41, 5.74) is 39.7. The van der Waals surface area contributed by atoms with Crippen LogP contribution >= 0.6 is 47.0 Å². The molecule has 2 aromatic carbocycles. The summed E-state index contributed by atoms with van der Waals surface area (Å²) in [5, 5.41) is 43.5. The third kappa shape index (κ3) is 42.9. The van der Waals surface area contributed by atoms with Gasteiger partial charge in [-0.05, 0) is 165 Å². The molecule has 9 heterocycles. The molecule has 12 unspecified atom stereocenters. The predicted molar refractivity (Wildman–Crippen MR) is 521 cm³/mol. The van der Waals surface area contributed by atoms with Crippen molar-refractivity contribution >= 4 is 129 Å². The number of hydrogen-bond acceptors (Lipinski definition) is 31. The van der Waals surface area contributed by atoms with Crippen LogP contribution in [0.15, 0.2) is 62.6 Å². The summed E-state index contributed by atoms with van der Waals surface area (Å²) in [6, 6.07) is 13.0. The van der Waals surface area contributed by atoms with E-state index in [9.17, 15) is 47.9 Å². The van der Waals surface area contributed by atoms with E-state index in [1.54, 1.807) is 29.2 Å². The van der Waals surface area contributed by atoms with Crippen LogP contribution in [0.5, 0.6) is 0 Å². The molecule has 0 aliphatic carbocycles. The molecule has 36 nitrogen and oxygen atoms in total. The number of fused-ring (bicyclic) bond motifs is 4. The summed E-state index contributed by atoms with van der Waals surface area (Å²) in [6.07, 6.45) is 31.6. The first-order valence-electron chi connectivity index (χ1n) is 47.3. The average Bonchev–Trinajstić information content (AvgIpc) is 1.50. The van der Waals surface area contributed by atoms with E-state index >= 15 is 0 Å². The number of guanidine groups is 4. The molecule has 134 heavy (non-hydrogen) atoms. The van der Waals surface area contributed by atoms with E-state index in [2.05, 4.69) is 94.5 Å². The fourth-order valence-corrected chi connectivity index (χ4v) is 23.6. The summed E-state index contributed by atoms with van der Waals surface area (Å²) < 4.78 is 10.8. The van der Waals surface area contributed by atoms with Crippen LogP contribution in [0.1, 0.15) is 254 Å². The molecule has 6 amide bonds. The summed E-state index contributed by atoms with van der Waals surface area (Å²) >= 11 is 7.75. The molecule has 8 aliphatic rings. The van der Waals surface area contributed by atoms with E-state index in [4.69, 9.17) is 49.9 Å². The van der Waals surface area contributed by atoms with Gasteiger partial charge in [-0.25, -0.2) is 20.0 Å². The number of unbranched alkanes of at least 4 members (excludes halogenated alkanes) is 12. The Morgan fingerprint density at radius 2 is 0.701 bits per heavy atom. The van der Waals surface area contributed by atoms with Gasteiger partial charge >= 0.3 is 0 Å². The summed E-state index contributed by atoms with van der Waals surface area (Å²) in [7, 11) is 0. The van der Waals surface area contributed by atoms with E-state index in [1.165, 1.54) is 6.20 Å². The number of benzene rings is 2. The van der Waals surface area contributed by atoms with Gasteiger partial charge in [0.1, 0.15) is 29.7 Å². The number of nitrogens with zero attached hydrogens (tertiary/aromatic N) is 9. The number of Topliss-reactive ketones (excluding diaryl/α,β-unsaturated/α-hetero) is 4. The molecule has 0 saturated carbocycles. The number of hydrogen-bond donors (Lipinski definition) is 15. The van der Waals surface area contributed by atoms with Crippen LogP contribution in [-0.2, 0) is 146 Å². The van der Waals surface area contributed by atoms with Gasteiger partial charge in [-0.1, -0.05) is 75.6 Å². The number of terminal acetylenes is 1. The standard InChI is InChI=1S/C46H70N12O6S2.C46H69N9O6S2.HN3.2Y/c47-45-53-36-28-65-38(42(36)55-45)13-5-7-15-40(61)49-17-9-1-3-11-34(59)24-30-21-31(23-32(22-30)44(63)51-19-20-64-27-33-26-52-58-57-33)25-35(60)12-4-2-10-18-50-41(62)16-8-6-14-39-43-37(29-66-39)54-46(48)56-43;1-2-22-61-23-21-51-44(60)33-25-31(27-34(56)13-5-3-11-19-49-40(58)17-9-7-15-38-42-36(29-62-38)52-45(47)54-42)24-32(26-33)28-35(57)14-6-4-12-20-50-41(59)18-10-8-16-39-43-37(30-63-39)53-46(48)55-43;1-3-2;;/h21-23,26,36-39,42-43H,1-20,24-25,27-29H2,(H10,47,48,49,50,51,52,53,54,55,56,57,58,61,62,63);1,24-26,36-39,42-43H,3-23,27-30H2,(H,49,58)(H,50,59)(H,51,60)(H3,47,52,54)(H3,48,53,55);1H;;/p-1. The molecule has 8 aliphatic heterocycles. The Bertz CT molecular complexity index is 4220. The summed E-state index contributed by atoms with van der Waals surface area (Å²) in [5.74, 6) is 8.48. The first-order chi connectivity index (χ1) is 64.1. The smallest absolute Gasteiger partial charge is 0.251 e. The Hall–Kier alpha value is -7.44. The zero-order valence-corrected chi connectivity index (χ0v) is 86.4. The molecular weight excluding hydrogens is 1940 g/mol. The van der Waals surface area contributed by atoms with Crippen molar-refractivity contribution in [2.45, 2.75) is 307 Å². The van der Waals surface area contributed by atoms with Crippen LogP contribution < -0.4 is 81.2 Å². The van der Waals surface area contributed by atoms with Gasteiger partial charge in [-0.3, -0.25) is 53.2 Å². The van der Waals surface area contributed by atoms with Gasteiger partial charge in [-0.15, -0.1) is 12.0 Å². The average molecular weight is 2080 g/mol. The third-order valence-electron chi connectivity index (χ3n) is 24.2. The Balaban J connectivity index is 0.000000351. The maximum atomic E-state index is 13.3. The molecule has 42 heteroatoms. The Morgan fingerprint density at radius 1 is 0.418 bits per heavy atom. The molecule has 0 spiro atoms. The fourth-order valence-electron chi connectivity index (χ4n) is 17.5. The molecule has 12 atom stereocenters. The zero-order chi connectivity index (χ0) is 94.0. The fraction of sp³-hybridized carbons (Fsp3) is 0.674. The Kier molecular flexibility index (Phi) is 54.8. The number of thioether (sulfide) groups is 4. The number of nitrogens with one attached hydrogen (secondary N) is 11. The molecule has 0 bridgehead atoms. The van der Waals surface area contributed by atoms with Crippen LogP contribution in [0, 0.1) is 17.9 Å². The van der Waals surface area contributed by atoms with E-state index < -0.39 is 0 Å². The molecule has 11 rings (SSSR count). The van der Waals surface area contributed by atoms with Crippen LogP contribution in [-0.4, -0.2) is 244 Å². The van der Waals surface area contributed by atoms with Crippen molar-refractivity contribution in [1.29, 1.82) is 5.53 Å². The number of nitrogens with two attached hydrogens (primary N) is 4. The zero-order valence-electron chi connectivity index (χ0n) is 77.4. The SMILES string of the molecule is C#CCOCCNC(=O)c1cc(CC(=O)CCCCCNC(=O)CCCCC2SCC3NC(N)=NC32)cc(CC(=O)CCCCCNC(=O)CCCCC2SCC3NC(N)=NC32)c1.NC1=NC2C(CSC2CCCCC(=O)NCCCCCC(=O)Cc2cc(CC(=O)CCCCCNC(=O)CCCCC3SCC4NC(N)=NC43)cc(C(=O)NCCOCc3c[n-]nn3)c2)N1.[N-]=[N+]=N.[Y].[Y]. The van der Waals surface area contributed by atoms with Crippen molar-refractivity contribution in [3.05, 3.63) is 92.1 Å². The summed E-state index contributed by atoms with van der Waals surface area (Å²) in [4.78, 5) is 148. The van der Waals surface area contributed by atoms with Gasteiger partial charge in [0.15, 0.2) is 23.8 Å². The van der Waals surface area contributed by atoms with Gasteiger partial charge in [0.05, 0.1) is 68.2 Å². The van der Waals surface area contributed by atoms with Crippen molar-refractivity contribution in [3.63, 3.8) is 0 Å². The minimum Gasteiger partial charge on any atom is -0.375 e. The van der Waals surface area contributed by atoms with Crippen molar-refractivity contribution in [3.8, 4) is 12.3 Å². The van der Waals surface area contributed by atoms with Gasteiger partial charge in [0.25, 0.3) is 11.8 Å². The topological polar surface area (TPSA) is 563 Å². The number of carbonyl (C=O) groups excluding carboxylic acids is 10. The number of rotatable bonds is 63. The quantitative estimate of drug-likeness (QED) is 0.00908. The van der Waals surface area contributed by atoms with Gasteiger partial charge in [0, 0.05) is 237 Å². The van der Waals surface area contributed by atoms with Gasteiger partial charge in [0.2, 0.25) is 23.6 Å². The van der Waals surface area contributed by atoms with E-state index in [0.717, 1.165) is 151 Å². The molecule has 730 valence electrons. The molecule has 1 aromatic heterocycles. The van der Waals surface area contributed by atoms with Crippen molar-refractivity contribution in [1.82, 2.24) is 68.6 Å². The molecular formula is C92H139N24O12S4Y2-. The maximum Gasteiger partial charge on any atom is 0.251 e. The number of ketones is 4. The predicted octanol–water partition coefficient (Wildman–Crippen LogP) is 6.79. The minimum absolute atomic E-state index is 0. The van der Waals surface area contributed by atoms with Gasteiger partial charge < -0.3 is 95.8 Å². The van der Waals surface area contributed by atoms with Crippen molar-refractivity contribution in [2.75, 3.05) is 82.1 Å².